The van der Waals surface area contributed by atoms with Crippen molar-refractivity contribution in [2.75, 3.05) is 30.8 Å². The van der Waals surface area contributed by atoms with Gasteiger partial charge in [0.2, 0.25) is 0 Å². The van der Waals surface area contributed by atoms with Crippen LogP contribution < -0.4 is 16.0 Å². The van der Waals surface area contributed by atoms with Gasteiger partial charge in [-0.15, -0.1) is 0 Å². The van der Waals surface area contributed by atoms with Crippen LogP contribution in [0.25, 0.3) is 0 Å². The van der Waals surface area contributed by atoms with Gasteiger partial charge in [-0.05, 0) is 5.92 Å². The van der Waals surface area contributed by atoms with E-state index in [0.717, 1.165) is 18.1 Å². The highest BCUT2D eigenvalue weighted by atomic mass is 16.6. The van der Waals surface area contributed by atoms with Gasteiger partial charge in [-0.1, -0.05) is 13.8 Å². The first-order valence-electron chi connectivity index (χ1n) is 6.74. The number of hydrogen-bond acceptors (Lipinski definition) is 6. The van der Waals surface area contributed by atoms with Crippen LogP contribution in [0.4, 0.5) is 16.4 Å². The topological polar surface area (TPSA) is 93.4 Å². The SMILES string of the molecule is CNC(=O)OC1CN(c2cc(N)nc(CC(C)C)n2)C1. The summed E-state index contributed by atoms with van der Waals surface area (Å²) in [6.45, 7) is 5.49. The molecule has 0 aliphatic carbocycles. The van der Waals surface area contributed by atoms with Crippen molar-refractivity contribution in [2.45, 2.75) is 26.4 Å². The number of anilines is 2. The largest absolute Gasteiger partial charge is 0.442 e. The molecule has 7 nitrogen and oxygen atoms in total. The third-order valence-corrected chi connectivity index (χ3v) is 3.02. The average Bonchev–Trinajstić information content (AvgIpc) is 2.31. The molecule has 0 saturated carbocycles. The van der Waals surface area contributed by atoms with E-state index in [-0.39, 0.29) is 6.10 Å². The number of nitrogens with two attached hydrogens (primary N) is 1. The minimum atomic E-state index is -0.405. The van der Waals surface area contributed by atoms with Crippen molar-refractivity contribution in [3.63, 3.8) is 0 Å². The molecular formula is C13H21N5O2. The first-order valence-corrected chi connectivity index (χ1v) is 6.74. The first-order chi connectivity index (χ1) is 9.47. The quantitative estimate of drug-likeness (QED) is 0.847. The molecule has 0 spiro atoms. The number of nitrogens with zero attached hydrogens (tertiary/aromatic N) is 3. The van der Waals surface area contributed by atoms with Crippen molar-refractivity contribution >= 4 is 17.7 Å². The molecule has 1 aromatic heterocycles. The normalized spacial score (nSPS) is 15.1. The molecule has 110 valence electrons. The highest BCUT2D eigenvalue weighted by Crippen LogP contribution is 2.22. The molecule has 0 unspecified atom stereocenters. The second kappa shape index (κ2) is 5.94. The molecule has 1 fully saturated rings. The highest BCUT2D eigenvalue weighted by Gasteiger charge is 2.31. The molecule has 20 heavy (non-hydrogen) atoms. The lowest BCUT2D eigenvalue weighted by Gasteiger charge is -2.39. The zero-order chi connectivity index (χ0) is 14.7. The Morgan fingerprint density at radius 3 is 2.85 bits per heavy atom. The molecule has 1 saturated heterocycles. The number of nitrogen functional groups attached to an aromatic ring is 1. The van der Waals surface area contributed by atoms with Gasteiger partial charge < -0.3 is 20.7 Å². The van der Waals surface area contributed by atoms with E-state index in [0.29, 0.717) is 24.8 Å². The fourth-order valence-corrected chi connectivity index (χ4v) is 2.03. The van der Waals surface area contributed by atoms with Crippen molar-refractivity contribution in [3.8, 4) is 0 Å². The fraction of sp³-hybridized carbons (Fsp3) is 0.615. The number of alkyl carbamates (subject to hydrolysis) is 1. The number of amides is 1. The average molecular weight is 279 g/mol. The maximum atomic E-state index is 11.1. The van der Waals surface area contributed by atoms with Crippen molar-refractivity contribution in [1.29, 1.82) is 0 Å². The van der Waals surface area contributed by atoms with E-state index >= 15 is 0 Å². The van der Waals surface area contributed by atoms with Gasteiger partial charge in [-0.25, -0.2) is 14.8 Å². The van der Waals surface area contributed by atoms with Gasteiger partial charge in [0.15, 0.2) is 0 Å². The van der Waals surface area contributed by atoms with Crippen LogP contribution in [-0.4, -0.2) is 42.3 Å². The summed E-state index contributed by atoms with van der Waals surface area (Å²) in [5, 5.41) is 2.43. The molecule has 0 aromatic carbocycles. The summed E-state index contributed by atoms with van der Waals surface area (Å²) in [6, 6.07) is 1.75. The molecule has 1 amide bonds. The summed E-state index contributed by atoms with van der Waals surface area (Å²) in [5.74, 6) is 2.50. The van der Waals surface area contributed by atoms with E-state index in [9.17, 15) is 4.79 Å². The third-order valence-electron chi connectivity index (χ3n) is 3.02. The zero-order valence-electron chi connectivity index (χ0n) is 12.1. The molecule has 0 radical (unpaired) electrons. The molecule has 1 aliphatic rings. The van der Waals surface area contributed by atoms with Crippen molar-refractivity contribution in [2.24, 2.45) is 5.92 Å². The molecule has 0 atom stereocenters. The summed E-state index contributed by atoms with van der Waals surface area (Å²) in [7, 11) is 1.54. The third kappa shape index (κ3) is 3.49. The summed E-state index contributed by atoms with van der Waals surface area (Å²) < 4.78 is 5.15. The smallest absolute Gasteiger partial charge is 0.407 e. The second-order valence-corrected chi connectivity index (χ2v) is 5.35. The van der Waals surface area contributed by atoms with Crippen LogP contribution in [0.2, 0.25) is 0 Å². The van der Waals surface area contributed by atoms with Crippen LogP contribution in [0.1, 0.15) is 19.7 Å². The number of nitrogens with one attached hydrogen (secondary N) is 1. The minimum absolute atomic E-state index is 0.0975. The Bertz CT molecular complexity index is 486. The highest BCUT2D eigenvalue weighted by molar-refractivity contribution is 5.67. The Labute approximate surface area is 118 Å². The fourth-order valence-electron chi connectivity index (χ4n) is 2.03. The van der Waals surface area contributed by atoms with Gasteiger partial charge in [-0.2, -0.15) is 0 Å². The number of aromatic nitrogens is 2. The predicted molar refractivity (Wildman–Crippen MR) is 76.5 cm³/mol. The maximum Gasteiger partial charge on any atom is 0.407 e. The van der Waals surface area contributed by atoms with E-state index in [1.54, 1.807) is 13.1 Å². The first kappa shape index (κ1) is 14.4. The van der Waals surface area contributed by atoms with Crippen LogP contribution in [0, 0.1) is 5.92 Å². The molecule has 1 aromatic rings. The monoisotopic (exact) mass is 279 g/mol. The molecule has 3 N–H and O–H groups in total. The number of carbonyl (C=O) groups is 1. The predicted octanol–water partition coefficient (Wildman–Crippen LogP) is 0.802. The van der Waals surface area contributed by atoms with Crippen LogP contribution in [-0.2, 0) is 11.2 Å². The summed E-state index contributed by atoms with van der Waals surface area (Å²) >= 11 is 0. The van der Waals surface area contributed by atoms with Crippen LogP contribution in [0.15, 0.2) is 6.07 Å². The number of hydrogen-bond donors (Lipinski definition) is 2. The summed E-state index contributed by atoms with van der Waals surface area (Å²) in [4.78, 5) is 21.9. The Hall–Kier alpha value is -2.05. The van der Waals surface area contributed by atoms with Crippen LogP contribution >= 0.6 is 0 Å². The van der Waals surface area contributed by atoms with Crippen molar-refractivity contribution < 1.29 is 9.53 Å². The zero-order valence-corrected chi connectivity index (χ0v) is 12.1. The molecule has 2 rings (SSSR count). The Balaban J connectivity index is 1.97. The Morgan fingerprint density at radius 2 is 2.25 bits per heavy atom. The van der Waals surface area contributed by atoms with Crippen molar-refractivity contribution in [1.82, 2.24) is 15.3 Å². The van der Waals surface area contributed by atoms with E-state index < -0.39 is 6.09 Å². The standard InChI is InChI=1S/C13H21N5O2/c1-8(2)4-11-16-10(14)5-12(17-11)18-6-9(7-18)20-13(19)15-3/h5,8-9H,4,6-7H2,1-3H3,(H,15,19)(H2,14,16,17). The maximum absolute atomic E-state index is 11.1. The lowest BCUT2D eigenvalue weighted by Crippen LogP contribution is -2.54. The van der Waals surface area contributed by atoms with Crippen molar-refractivity contribution in [3.05, 3.63) is 11.9 Å². The van der Waals surface area contributed by atoms with Gasteiger partial charge in [0.25, 0.3) is 0 Å². The Kier molecular flexibility index (Phi) is 4.26. The van der Waals surface area contributed by atoms with Gasteiger partial charge in [0, 0.05) is 19.5 Å². The molecule has 2 heterocycles. The second-order valence-electron chi connectivity index (χ2n) is 5.35. The minimum Gasteiger partial charge on any atom is -0.442 e. The van der Waals surface area contributed by atoms with Gasteiger partial charge in [0.1, 0.15) is 23.6 Å². The number of ether oxygens (including phenoxy) is 1. The lowest BCUT2D eigenvalue weighted by molar-refractivity contribution is 0.0823. The van der Waals surface area contributed by atoms with E-state index in [4.69, 9.17) is 10.5 Å². The van der Waals surface area contributed by atoms with Crippen LogP contribution in [0.3, 0.4) is 0 Å². The molecular weight excluding hydrogens is 258 g/mol. The van der Waals surface area contributed by atoms with E-state index in [1.165, 1.54) is 0 Å². The van der Waals surface area contributed by atoms with E-state index in [1.807, 2.05) is 4.90 Å². The lowest BCUT2D eigenvalue weighted by atomic mass is 10.1. The molecule has 7 heteroatoms. The van der Waals surface area contributed by atoms with Gasteiger partial charge in [0.05, 0.1) is 13.1 Å². The summed E-state index contributed by atoms with van der Waals surface area (Å²) in [5.41, 5.74) is 5.82. The molecule has 0 bridgehead atoms. The summed E-state index contributed by atoms with van der Waals surface area (Å²) in [6.07, 6.45) is 0.293. The number of rotatable bonds is 4. The van der Waals surface area contributed by atoms with Gasteiger partial charge >= 0.3 is 6.09 Å². The van der Waals surface area contributed by atoms with Gasteiger partial charge in [-0.3, -0.25) is 0 Å². The van der Waals surface area contributed by atoms with E-state index in [2.05, 4.69) is 29.1 Å². The molecule has 1 aliphatic heterocycles. The number of carbonyl (C=O) groups excluding carboxylic acids is 1. The van der Waals surface area contributed by atoms with Crippen LogP contribution in [0.5, 0.6) is 0 Å². The Morgan fingerprint density at radius 1 is 1.55 bits per heavy atom.